The molecule has 0 aliphatic rings. The van der Waals surface area contributed by atoms with E-state index in [2.05, 4.69) is 35.5 Å². The minimum atomic E-state index is 0.0401. The molecule has 3 heteroatoms. The van der Waals surface area contributed by atoms with Gasteiger partial charge in [0.2, 0.25) is 5.91 Å². The number of amides is 1. The van der Waals surface area contributed by atoms with Crippen molar-refractivity contribution in [2.45, 2.75) is 19.9 Å². The zero-order valence-corrected chi connectivity index (χ0v) is 11.2. The van der Waals surface area contributed by atoms with E-state index in [0.29, 0.717) is 6.54 Å². The Bertz CT molecular complexity index is 431. The molecule has 0 aliphatic carbocycles. The van der Waals surface area contributed by atoms with E-state index >= 15 is 0 Å². The molecule has 18 heavy (non-hydrogen) atoms. The zero-order valence-electron chi connectivity index (χ0n) is 11.2. The maximum atomic E-state index is 11.9. The van der Waals surface area contributed by atoms with Crippen molar-refractivity contribution in [3.63, 3.8) is 0 Å². The number of terminal acetylenes is 1. The Balaban J connectivity index is 2.60. The number of nitrogens with zero attached hydrogens (tertiary/aromatic N) is 1. The van der Waals surface area contributed by atoms with Crippen molar-refractivity contribution in [2.75, 3.05) is 20.1 Å². The number of carbonyl (C=O) groups is 1. The van der Waals surface area contributed by atoms with E-state index in [4.69, 9.17) is 6.42 Å². The van der Waals surface area contributed by atoms with Gasteiger partial charge < -0.3 is 4.90 Å². The fourth-order valence-corrected chi connectivity index (χ4v) is 1.65. The molecule has 0 heterocycles. The number of likely N-dealkylation sites (N-methyl/N-ethyl adjacent to an activating group) is 1. The first-order valence-corrected chi connectivity index (χ1v) is 6.02. The van der Waals surface area contributed by atoms with Crippen molar-refractivity contribution in [3.8, 4) is 12.3 Å². The van der Waals surface area contributed by atoms with Gasteiger partial charge in [-0.25, -0.2) is 0 Å². The summed E-state index contributed by atoms with van der Waals surface area (Å²) in [7, 11) is 1.81. The van der Waals surface area contributed by atoms with E-state index in [1.807, 2.05) is 20.9 Å². The van der Waals surface area contributed by atoms with Gasteiger partial charge in [0.25, 0.3) is 0 Å². The molecule has 0 saturated carbocycles. The van der Waals surface area contributed by atoms with Crippen LogP contribution in [0, 0.1) is 19.3 Å². The van der Waals surface area contributed by atoms with Crippen molar-refractivity contribution >= 4 is 5.91 Å². The molecular formula is C15H20N2O. The zero-order chi connectivity index (χ0) is 13.5. The highest BCUT2D eigenvalue weighted by Crippen LogP contribution is 2.18. The molecule has 0 saturated heterocycles. The average Bonchev–Trinajstić information content (AvgIpc) is 2.38. The van der Waals surface area contributed by atoms with Crippen LogP contribution < -0.4 is 5.32 Å². The molecule has 96 valence electrons. The first-order valence-electron chi connectivity index (χ1n) is 6.02. The molecule has 0 radical (unpaired) electrons. The first-order chi connectivity index (χ1) is 8.56. The highest BCUT2D eigenvalue weighted by molar-refractivity contribution is 5.78. The first kappa shape index (κ1) is 14.3. The third-order valence-corrected chi connectivity index (χ3v) is 3.04. The molecule has 0 aromatic heterocycles. The Kier molecular flexibility index (Phi) is 5.41. The molecule has 1 aromatic rings. The fourth-order valence-electron chi connectivity index (χ4n) is 1.65. The minimum absolute atomic E-state index is 0.0401. The van der Waals surface area contributed by atoms with Crippen LogP contribution in [-0.2, 0) is 4.79 Å². The lowest BCUT2D eigenvalue weighted by molar-refractivity contribution is -0.130. The van der Waals surface area contributed by atoms with Gasteiger partial charge in [-0.2, -0.15) is 0 Å². The summed E-state index contributed by atoms with van der Waals surface area (Å²) in [6.45, 7) is 4.76. The fraction of sp³-hybridized carbons (Fsp3) is 0.400. The van der Waals surface area contributed by atoms with Crippen LogP contribution in [0.4, 0.5) is 0 Å². The van der Waals surface area contributed by atoms with Crippen LogP contribution in [0.25, 0.3) is 0 Å². The monoisotopic (exact) mass is 244 g/mol. The van der Waals surface area contributed by atoms with Gasteiger partial charge in [0.15, 0.2) is 0 Å². The summed E-state index contributed by atoms with van der Waals surface area (Å²) in [6, 6.07) is 8.28. The molecule has 1 rings (SSSR count). The third kappa shape index (κ3) is 3.90. The van der Waals surface area contributed by atoms with Crippen LogP contribution >= 0.6 is 0 Å². The number of rotatable bonds is 5. The Hall–Kier alpha value is -1.79. The maximum Gasteiger partial charge on any atom is 0.236 e. The number of hydrogen-bond donors (Lipinski definition) is 1. The maximum absolute atomic E-state index is 11.9. The van der Waals surface area contributed by atoms with Gasteiger partial charge in [0.1, 0.15) is 0 Å². The molecule has 0 fully saturated rings. The number of benzene rings is 1. The van der Waals surface area contributed by atoms with E-state index in [9.17, 15) is 4.79 Å². The second kappa shape index (κ2) is 6.83. The SMILES string of the molecule is C#CCNCC(=O)N(C)C(C)c1ccc(C)cc1. The topological polar surface area (TPSA) is 32.3 Å². The molecule has 1 atom stereocenters. The average molecular weight is 244 g/mol. The van der Waals surface area contributed by atoms with Gasteiger partial charge in [0, 0.05) is 7.05 Å². The number of carbonyl (C=O) groups excluding carboxylic acids is 1. The number of aryl methyl sites for hydroxylation is 1. The summed E-state index contributed by atoms with van der Waals surface area (Å²) in [6.07, 6.45) is 5.12. The van der Waals surface area contributed by atoms with Gasteiger partial charge in [-0.3, -0.25) is 10.1 Å². The van der Waals surface area contributed by atoms with Crippen molar-refractivity contribution in [3.05, 3.63) is 35.4 Å². The quantitative estimate of drug-likeness (QED) is 0.632. The highest BCUT2D eigenvalue weighted by Gasteiger charge is 2.16. The largest absolute Gasteiger partial charge is 0.338 e. The lowest BCUT2D eigenvalue weighted by Gasteiger charge is -2.25. The lowest BCUT2D eigenvalue weighted by atomic mass is 10.1. The van der Waals surface area contributed by atoms with Crippen molar-refractivity contribution < 1.29 is 4.79 Å². The predicted molar refractivity (Wildman–Crippen MR) is 74.1 cm³/mol. The van der Waals surface area contributed by atoms with Gasteiger partial charge in [-0.05, 0) is 19.4 Å². The summed E-state index contributed by atoms with van der Waals surface area (Å²) >= 11 is 0. The standard InChI is InChI=1S/C15H20N2O/c1-5-10-16-11-15(18)17(4)13(3)14-8-6-12(2)7-9-14/h1,6-9,13,16H,10-11H2,2-4H3. The molecule has 0 spiro atoms. The van der Waals surface area contributed by atoms with Gasteiger partial charge >= 0.3 is 0 Å². The molecule has 1 aromatic carbocycles. The van der Waals surface area contributed by atoms with Crippen LogP contribution in [-0.4, -0.2) is 30.9 Å². The van der Waals surface area contributed by atoms with E-state index in [0.717, 1.165) is 5.56 Å². The Morgan fingerprint density at radius 1 is 1.44 bits per heavy atom. The Morgan fingerprint density at radius 2 is 2.06 bits per heavy atom. The van der Waals surface area contributed by atoms with E-state index in [1.54, 1.807) is 4.90 Å². The third-order valence-electron chi connectivity index (χ3n) is 3.04. The molecular weight excluding hydrogens is 224 g/mol. The van der Waals surface area contributed by atoms with Gasteiger partial charge in [-0.15, -0.1) is 6.42 Å². The van der Waals surface area contributed by atoms with Gasteiger partial charge in [-0.1, -0.05) is 35.7 Å². The predicted octanol–water partition coefficient (Wildman–Crippen LogP) is 1.74. The highest BCUT2D eigenvalue weighted by atomic mass is 16.2. The van der Waals surface area contributed by atoms with Gasteiger partial charge in [0.05, 0.1) is 19.1 Å². The van der Waals surface area contributed by atoms with Crippen LogP contribution in [0.5, 0.6) is 0 Å². The van der Waals surface area contributed by atoms with E-state index < -0.39 is 0 Å². The summed E-state index contributed by atoms with van der Waals surface area (Å²) in [5.74, 6) is 2.49. The van der Waals surface area contributed by atoms with Crippen LogP contribution in [0.2, 0.25) is 0 Å². The van der Waals surface area contributed by atoms with E-state index in [1.165, 1.54) is 5.56 Å². The van der Waals surface area contributed by atoms with Crippen molar-refractivity contribution in [1.82, 2.24) is 10.2 Å². The number of hydrogen-bond acceptors (Lipinski definition) is 2. The van der Waals surface area contributed by atoms with Crippen molar-refractivity contribution in [2.24, 2.45) is 0 Å². The van der Waals surface area contributed by atoms with E-state index in [-0.39, 0.29) is 18.5 Å². The minimum Gasteiger partial charge on any atom is -0.338 e. The second-order valence-electron chi connectivity index (χ2n) is 4.40. The lowest BCUT2D eigenvalue weighted by Crippen LogP contribution is -2.37. The second-order valence-corrected chi connectivity index (χ2v) is 4.40. The normalized spacial score (nSPS) is 11.7. The summed E-state index contributed by atoms with van der Waals surface area (Å²) in [4.78, 5) is 13.6. The molecule has 1 unspecified atom stereocenters. The molecule has 0 aliphatic heterocycles. The van der Waals surface area contributed by atoms with Crippen LogP contribution in [0.15, 0.2) is 24.3 Å². The van der Waals surface area contributed by atoms with Crippen LogP contribution in [0.1, 0.15) is 24.1 Å². The smallest absolute Gasteiger partial charge is 0.236 e. The number of nitrogens with one attached hydrogen (secondary N) is 1. The van der Waals surface area contributed by atoms with Crippen LogP contribution in [0.3, 0.4) is 0 Å². The molecule has 3 nitrogen and oxygen atoms in total. The Morgan fingerprint density at radius 3 is 2.61 bits per heavy atom. The molecule has 1 N–H and O–H groups in total. The summed E-state index contributed by atoms with van der Waals surface area (Å²) in [5, 5.41) is 2.90. The van der Waals surface area contributed by atoms with Crippen molar-refractivity contribution in [1.29, 1.82) is 0 Å². The molecule has 0 bridgehead atoms. The molecule has 1 amide bonds. The summed E-state index contributed by atoms with van der Waals surface area (Å²) < 4.78 is 0. The Labute approximate surface area is 109 Å². The summed E-state index contributed by atoms with van der Waals surface area (Å²) in [5.41, 5.74) is 2.35.